The van der Waals surface area contributed by atoms with E-state index in [2.05, 4.69) is 0 Å². The number of nitrogens with two attached hydrogens (primary N) is 1. The van der Waals surface area contributed by atoms with E-state index in [-0.39, 0.29) is 5.25 Å². The van der Waals surface area contributed by atoms with Gasteiger partial charge in [0, 0.05) is 7.11 Å². The lowest BCUT2D eigenvalue weighted by molar-refractivity contribution is 0.0720. The molecule has 0 amide bonds. The van der Waals surface area contributed by atoms with Crippen LogP contribution in [0.3, 0.4) is 0 Å². The summed E-state index contributed by atoms with van der Waals surface area (Å²) < 4.78 is 42.8. The van der Waals surface area contributed by atoms with E-state index in [1.54, 1.807) is 24.3 Å². The molecule has 0 spiro atoms. The van der Waals surface area contributed by atoms with Crippen molar-refractivity contribution in [1.82, 2.24) is 0 Å². The van der Waals surface area contributed by atoms with E-state index < -0.39 is 28.7 Å². The fraction of sp³-hybridized carbons (Fsp3) is 0.600. The number of ether oxygens (including phenoxy) is 1. The highest BCUT2D eigenvalue weighted by atomic mass is 32.2. The molecule has 0 aliphatic heterocycles. The third-order valence-electron chi connectivity index (χ3n) is 4.10. The highest BCUT2D eigenvalue weighted by Crippen LogP contribution is 2.30. The van der Waals surface area contributed by atoms with Gasteiger partial charge in [-0.2, -0.15) is 0 Å². The molecule has 6 heteroatoms. The van der Waals surface area contributed by atoms with Crippen molar-refractivity contribution in [2.45, 2.75) is 48.0 Å². The van der Waals surface area contributed by atoms with E-state index in [4.69, 9.17) is 10.5 Å². The van der Waals surface area contributed by atoms with Crippen molar-refractivity contribution in [1.29, 1.82) is 0 Å². The van der Waals surface area contributed by atoms with Gasteiger partial charge in [-0.05, 0) is 30.5 Å². The number of benzene rings is 1. The van der Waals surface area contributed by atoms with Gasteiger partial charge < -0.3 is 10.5 Å². The third kappa shape index (κ3) is 3.44. The average Bonchev–Trinajstić information content (AvgIpc) is 3.03. The molecule has 4 nitrogen and oxygen atoms in total. The summed E-state index contributed by atoms with van der Waals surface area (Å²) in [4.78, 5) is 0.321. The Balaban J connectivity index is 2.22. The molecular weight excluding hydrogens is 293 g/mol. The van der Waals surface area contributed by atoms with Gasteiger partial charge in [0.1, 0.15) is 6.67 Å². The quantitative estimate of drug-likeness (QED) is 0.875. The smallest absolute Gasteiger partial charge is 0.181 e. The predicted octanol–water partition coefficient (Wildman–Crippen LogP) is 2.39. The van der Waals surface area contributed by atoms with Crippen molar-refractivity contribution in [2.75, 3.05) is 13.8 Å². The zero-order chi connectivity index (χ0) is 15.5. The molecule has 0 unspecified atom stereocenters. The van der Waals surface area contributed by atoms with Crippen LogP contribution in [0.25, 0.3) is 0 Å². The van der Waals surface area contributed by atoms with Crippen LogP contribution in [0.1, 0.15) is 37.4 Å². The Kier molecular flexibility index (Phi) is 5.35. The van der Waals surface area contributed by atoms with E-state index in [9.17, 15) is 12.8 Å². The molecule has 0 bridgehead atoms. The average molecular weight is 315 g/mol. The number of hydrogen-bond acceptors (Lipinski definition) is 4. The van der Waals surface area contributed by atoms with Gasteiger partial charge in [0.15, 0.2) is 9.84 Å². The number of alkyl halides is 1. The zero-order valence-electron chi connectivity index (χ0n) is 12.2. The monoisotopic (exact) mass is 315 g/mol. The molecule has 0 aromatic heterocycles. The standard InChI is InChI=1S/C15H22FNO3S/c1-20-15(14(17)10-16)11-6-8-13(9-7-11)21(18,19)12-4-2-3-5-12/h6-9,12,14-15H,2-5,10,17H2,1H3/t14-,15-/m1/s1. The summed E-state index contributed by atoms with van der Waals surface area (Å²) >= 11 is 0. The van der Waals surface area contributed by atoms with Gasteiger partial charge in [-0.25, -0.2) is 12.8 Å². The first kappa shape index (κ1) is 16.4. The fourth-order valence-corrected chi connectivity index (χ4v) is 4.73. The van der Waals surface area contributed by atoms with Crippen LogP contribution in [-0.2, 0) is 14.6 Å². The van der Waals surface area contributed by atoms with Gasteiger partial charge in [0.25, 0.3) is 0 Å². The van der Waals surface area contributed by atoms with Crippen molar-refractivity contribution in [3.05, 3.63) is 29.8 Å². The van der Waals surface area contributed by atoms with Gasteiger partial charge in [0.2, 0.25) is 0 Å². The van der Waals surface area contributed by atoms with E-state index in [0.29, 0.717) is 10.5 Å². The van der Waals surface area contributed by atoms with Gasteiger partial charge in [0.05, 0.1) is 22.3 Å². The lowest BCUT2D eigenvalue weighted by atomic mass is 10.0. The SMILES string of the molecule is CO[C@H](c1ccc(S(=O)(=O)C2CCCC2)cc1)[C@H](N)CF. The molecule has 1 aliphatic rings. The highest BCUT2D eigenvalue weighted by Gasteiger charge is 2.30. The first-order chi connectivity index (χ1) is 10.0. The minimum absolute atomic E-state index is 0.269. The maximum absolute atomic E-state index is 12.7. The van der Waals surface area contributed by atoms with Crippen LogP contribution in [0.15, 0.2) is 29.2 Å². The molecule has 1 aromatic rings. The molecule has 2 rings (SSSR count). The minimum atomic E-state index is -3.26. The Morgan fingerprint density at radius 2 is 1.86 bits per heavy atom. The lowest BCUT2D eigenvalue weighted by Crippen LogP contribution is -2.31. The topological polar surface area (TPSA) is 69.4 Å². The number of hydrogen-bond donors (Lipinski definition) is 1. The molecule has 1 saturated carbocycles. The minimum Gasteiger partial charge on any atom is -0.375 e. The van der Waals surface area contributed by atoms with Crippen molar-refractivity contribution in [2.24, 2.45) is 5.73 Å². The van der Waals surface area contributed by atoms with Crippen LogP contribution >= 0.6 is 0 Å². The first-order valence-electron chi connectivity index (χ1n) is 7.19. The van der Waals surface area contributed by atoms with Crippen LogP contribution in [-0.4, -0.2) is 33.5 Å². The summed E-state index contributed by atoms with van der Waals surface area (Å²) in [5.41, 5.74) is 6.35. The maximum atomic E-state index is 12.7. The molecule has 1 aliphatic carbocycles. The van der Waals surface area contributed by atoms with Crippen molar-refractivity contribution < 1.29 is 17.5 Å². The summed E-state index contributed by atoms with van der Waals surface area (Å²) in [7, 11) is -1.80. The van der Waals surface area contributed by atoms with Crippen LogP contribution in [0.2, 0.25) is 0 Å². The van der Waals surface area contributed by atoms with Crippen molar-refractivity contribution in [3.8, 4) is 0 Å². The Bertz CT molecular complexity index is 553. The predicted molar refractivity (Wildman–Crippen MR) is 79.6 cm³/mol. The number of sulfone groups is 1. The Labute approximate surface area is 125 Å². The van der Waals surface area contributed by atoms with E-state index in [0.717, 1.165) is 25.7 Å². The Hall–Kier alpha value is -0.980. The second kappa shape index (κ2) is 6.85. The number of rotatable bonds is 6. The number of methoxy groups -OCH3 is 1. The fourth-order valence-electron chi connectivity index (χ4n) is 2.88. The van der Waals surface area contributed by atoms with Gasteiger partial charge in [-0.3, -0.25) is 0 Å². The summed E-state index contributed by atoms with van der Waals surface area (Å²) in [6, 6.07) is 5.70. The Morgan fingerprint density at radius 3 is 2.33 bits per heavy atom. The van der Waals surface area contributed by atoms with Crippen LogP contribution in [0, 0.1) is 0 Å². The molecule has 1 aromatic carbocycles. The van der Waals surface area contributed by atoms with Gasteiger partial charge in [-0.15, -0.1) is 0 Å². The summed E-state index contributed by atoms with van der Waals surface area (Å²) in [6.45, 7) is -0.694. The number of halogens is 1. The Morgan fingerprint density at radius 1 is 1.29 bits per heavy atom. The van der Waals surface area contributed by atoms with Gasteiger partial charge >= 0.3 is 0 Å². The van der Waals surface area contributed by atoms with E-state index in [1.165, 1.54) is 7.11 Å². The molecule has 0 heterocycles. The summed E-state index contributed by atoms with van der Waals surface area (Å²) in [6.07, 6.45) is 2.84. The van der Waals surface area contributed by atoms with Crippen LogP contribution in [0.5, 0.6) is 0 Å². The molecule has 1 fully saturated rings. The second-order valence-electron chi connectivity index (χ2n) is 5.49. The molecule has 2 N–H and O–H groups in total. The summed E-state index contributed by atoms with van der Waals surface area (Å²) in [5.74, 6) is 0. The van der Waals surface area contributed by atoms with Gasteiger partial charge in [-0.1, -0.05) is 25.0 Å². The molecule has 0 saturated heterocycles. The molecule has 2 atom stereocenters. The highest BCUT2D eigenvalue weighted by molar-refractivity contribution is 7.92. The molecular formula is C15H22FNO3S. The van der Waals surface area contributed by atoms with Crippen molar-refractivity contribution in [3.63, 3.8) is 0 Å². The normalized spacial score (nSPS) is 19.6. The second-order valence-corrected chi connectivity index (χ2v) is 7.72. The molecule has 0 radical (unpaired) electrons. The first-order valence-corrected chi connectivity index (χ1v) is 8.73. The summed E-state index contributed by atoms with van der Waals surface area (Å²) in [5, 5.41) is -0.269. The lowest BCUT2D eigenvalue weighted by Gasteiger charge is -2.21. The van der Waals surface area contributed by atoms with Crippen LogP contribution in [0.4, 0.5) is 4.39 Å². The third-order valence-corrected chi connectivity index (χ3v) is 6.38. The van der Waals surface area contributed by atoms with Crippen LogP contribution < -0.4 is 5.73 Å². The zero-order valence-corrected chi connectivity index (χ0v) is 13.0. The van der Waals surface area contributed by atoms with Crippen molar-refractivity contribution >= 4 is 9.84 Å². The molecule has 118 valence electrons. The molecule has 21 heavy (non-hydrogen) atoms. The maximum Gasteiger partial charge on any atom is 0.181 e. The largest absolute Gasteiger partial charge is 0.375 e. The van der Waals surface area contributed by atoms with E-state index >= 15 is 0 Å². The van der Waals surface area contributed by atoms with E-state index in [1.807, 2.05) is 0 Å².